The van der Waals surface area contributed by atoms with Crippen molar-refractivity contribution < 1.29 is 38.3 Å². The van der Waals surface area contributed by atoms with Gasteiger partial charge < -0.3 is 67.0 Å². The normalized spacial score (nSPS) is 12.6. The second kappa shape index (κ2) is 34.3. The monoisotopic (exact) mass is 1250 g/mol. The average Bonchev–Trinajstić information content (AvgIpc) is 1.72. The van der Waals surface area contributed by atoms with Crippen LogP contribution in [0.25, 0.3) is 66.4 Å². The van der Waals surface area contributed by atoms with Crippen LogP contribution in [-0.4, -0.2) is 202 Å². The van der Waals surface area contributed by atoms with E-state index < -0.39 is 59.6 Å². The molecule has 28 nitrogen and oxygen atoms in total. The molecule has 0 bridgehead atoms. The number of hydrogen-bond acceptors (Lipinski definition) is 16. The molecule has 0 unspecified atom stereocenters. The van der Waals surface area contributed by atoms with E-state index in [0.717, 1.165) is 93.9 Å². The van der Waals surface area contributed by atoms with E-state index in [-0.39, 0.29) is 32.1 Å². The summed E-state index contributed by atoms with van der Waals surface area (Å²) in [5.74, 6) is -1.59. The Balaban J connectivity index is 0.765. The second-order valence-electron chi connectivity index (χ2n) is 22.8. The minimum atomic E-state index is -1.11. The molecule has 0 aliphatic rings. The number of H-pyrrole nitrogens is 2. The van der Waals surface area contributed by atoms with Gasteiger partial charge in [-0.15, -0.1) is 5.10 Å². The predicted octanol–water partition coefficient (Wildman–Crippen LogP) is 4.06. The van der Waals surface area contributed by atoms with E-state index in [1.807, 2.05) is 55.7 Å². The standard InChI is InChI=1S/C63H84N20O8/c1-40(69-56(85)37-66-26-10-27-68-78-65)59(86)70-41(2)60(87)71-42(3)61(88)72-43(4)63(90)82(39-55(64)84)31-11-32-83-38-49(77-79-83)13-8-9-30-81(7)33-28-67-62(89)46-16-14-44(15-17-46)57-73-51-24-20-47(35-53(51)75-57)48-21-25-52-54(36-48)76-58(74-52)45-18-22-50(23-19-45)91-34-12-29-80(5)6/h14-25,35-36,38,40-43,66H,8-13,26-34,37,39H2,1-7H3,(H2,64,84)(H,67,89)(H,69,85)(H,70,86)(H,71,87)(H,72,88)(H,73,75)(H,74,76)/t40-,41-,42-,43-/m1/s1. The molecule has 7 aromatic rings. The number of nitrogens with one attached hydrogen (secondary N) is 8. The number of rotatable bonds is 37. The van der Waals surface area contributed by atoms with Gasteiger partial charge in [-0.2, -0.15) is 0 Å². The SMILES string of the molecule is C[C@@H](NC(=O)CNCCCN=[N+]=[N-])C(=O)N[C@H](C)C(=O)N[C@H](C)C(=O)N[C@H](C)C(=O)N(CCCn1cc(CCCCN(C)CCNC(=O)c2ccc(-c3nc4ccc(-c5ccc6[nH]c(-c7ccc(OCCCN(C)C)cc7)nc6c5)cc4[nH]3)cc2)nn1)CC(N)=O. The summed E-state index contributed by atoms with van der Waals surface area (Å²) in [6.45, 7) is 10.1. The maximum absolute atomic E-state index is 13.5. The number of carbonyl (C=O) groups is 7. The van der Waals surface area contributed by atoms with Crippen molar-refractivity contribution in [2.45, 2.75) is 96.9 Å². The number of nitrogens with two attached hydrogens (primary N) is 1. The van der Waals surface area contributed by atoms with Crippen LogP contribution in [0.2, 0.25) is 0 Å². The number of imidazole rings is 2. The summed E-state index contributed by atoms with van der Waals surface area (Å²) in [7, 11) is 6.12. The lowest BCUT2D eigenvalue weighted by molar-refractivity contribution is -0.139. The number of aryl methyl sites for hydroxylation is 2. The fourth-order valence-corrected chi connectivity index (χ4v) is 9.77. The first-order valence-electron chi connectivity index (χ1n) is 30.6. The van der Waals surface area contributed by atoms with Gasteiger partial charge in [0.1, 0.15) is 41.6 Å². The Morgan fingerprint density at radius 1 is 0.670 bits per heavy atom. The van der Waals surface area contributed by atoms with Gasteiger partial charge in [-0.25, -0.2) is 9.97 Å². The molecule has 4 atom stereocenters. The highest BCUT2D eigenvalue weighted by Gasteiger charge is 2.28. The lowest BCUT2D eigenvalue weighted by atomic mass is 10.0. The van der Waals surface area contributed by atoms with Gasteiger partial charge in [-0.05, 0) is 178 Å². The number of benzene rings is 4. The lowest BCUT2D eigenvalue weighted by Crippen LogP contribution is -2.57. The zero-order chi connectivity index (χ0) is 65.4. The Morgan fingerprint density at radius 2 is 1.30 bits per heavy atom. The van der Waals surface area contributed by atoms with E-state index in [1.54, 1.807) is 16.8 Å². The number of ether oxygens (including phenoxy) is 1. The molecule has 91 heavy (non-hydrogen) atoms. The summed E-state index contributed by atoms with van der Waals surface area (Å²) >= 11 is 0. The highest BCUT2D eigenvalue weighted by molar-refractivity contribution is 5.97. The van der Waals surface area contributed by atoms with Gasteiger partial charge in [0.05, 0.1) is 47.5 Å². The van der Waals surface area contributed by atoms with E-state index in [1.165, 1.54) is 32.6 Å². The molecule has 28 heteroatoms. The molecule has 4 aromatic carbocycles. The third-order valence-corrected chi connectivity index (χ3v) is 14.9. The van der Waals surface area contributed by atoms with Crippen molar-refractivity contribution in [2.75, 3.05) is 86.7 Å². The third kappa shape index (κ3) is 21.5. The number of aromatic amines is 2. The first-order chi connectivity index (χ1) is 43.7. The van der Waals surface area contributed by atoms with Crippen molar-refractivity contribution in [3.8, 4) is 39.7 Å². The van der Waals surface area contributed by atoms with Crippen LogP contribution in [0.4, 0.5) is 0 Å². The quantitative estimate of drug-likeness (QED) is 0.0115. The summed E-state index contributed by atoms with van der Waals surface area (Å²) in [6, 6.07) is 23.5. The molecule has 0 aliphatic heterocycles. The molecule has 0 fully saturated rings. The molecule has 0 spiro atoms. The van der Waals surface area contributed by atoms with Gasteiger partial charge in [0.2, 0.25) is 35.4 Å². The molecular weight excluding hydrogens is 1160 g/mol. The molecule has 0 radical (unpaired) electrons. The number of primary amides is 1. The number of nitrogens with zero attached hydrogens (tertiary/aromatic N) is 11. The second-order valence-corrected chi connectivity index (χ2v) is 22.8. The van der Waals surface area contributed by atoms with E-state index in [0.29, 0.717) is 63.4 Å². The smallest absolute Gasteiger partial charge is 0.251 e. The Labute approximate surface area is 528 Å². The summed E-state index contributed by atoms with van der Waals surface area (Å²) in [6.07, 6.45) is 6.17. The highest BCUT2D eigenvalue weighted by Crippen LogP contribution is 2.30. The van der Waals surface area contributed by atoms with Gasteiger partial charge in [-0.3, -0.25) is 38.2 Å². The van der Waals surface area contributed by atoms with Gasteiger partial charge >= 0.3 is 0 Å². The molecule has 3 aromatic heterocycles. The van der Waals surface area contributed by atoms with Crippen molar-refractivity contribution in [3.05, 3.63) is 113 Å². The number of amides is 7. The fourth-order valence-electron chi connectivity index (χ4n) is 9.77. The minimum Gasteiger partial charge on any atom is -0.494 e. The Kier molecular flexibility index (Phi) is 25.9. The van der Waals surface area contributed by atoms with Crippen molar-refractivity contribution in [1.82, 2.24) is 81.5 Å². The van der Waals surface area contributed by atoms with E-state index in [4.69, 9.17) is 26.0 Å². The van der Waals surface area contributed by atoms with Gasteiger partial charge in [0.25, 0.3) is 5.91 Å². The van der Waals surface area contributed by atoms with Gasteiger partial charge in [-0.1, -0.05) is 34.6 Å². The number of carbonyl (C=O) groups excluding carboxylic acids is 7. The summed E-state index contributed by atoms with van der Waals surface area (Å²) in [5.41, 5.74) is 22.6. The molecule has 7 amide bonds. The zero-order valence-corrected chi connectivity index (χ0v) is 52.8. The molecular formula is C63H84N20O8. The maximum Gasteiger partial charge on any atom is 0.251 e. The van der Waals surface area contributed by atoms with Crippen LogP contribution in [0.15, 0.2) is 96.2 Å². The highest BCUT2D eigenvalue weighted by atomic mass is 16.5. The third-order valence-electron chi connectivity index (χ3n) is 14.9. The molecule has 0 saturated carbocycles. The average molecular weight is 1250 g/mol. The number of hydrogen-bond donors (Lipinski definition) is 9. The van der Waals surface area contributed by atoms with Crippen molar-refractivity contribution >= 4 is 63.4 Å². The first-order valence-corrected chi connectivity index (χ1v) is 30.6. The van der Waals surface area contributed by atoms with Crippen LogP contribution >= 0.6 is 0 Å². The van der Waals surface area contributed by atoms with Crippen molar-refractivity contribution in [3.63, 3.8) is 0 Å². The van der Waals surface area contributed by atoms with Crippen LogP contribution in [0.1, 0.15) is 75.9 Å². The minimum absolute atomic E-state index is 0.0732. The zero-order valence-electron chi connectivity index (χ0n) is 52.8. The summed E-state index contributed by atoms with van der Waals surface area (Å²) in [4.78, 5) is 114. The van der Waals surface area contributed by atoms with Gasteiger partial charge in [0.15, 0.2) is 0 Å². The molecule has 3 heterocycles. The predicted molar refractivity (Wildman–Crippen MR) is 346 cm³/mol. The van der Waals surface area contributed by atoms with E-state index >= 15 is 0 Å². The molecule has 484 valence electrons. The van der Waals surface area contributed by atoms with E-state index in [9.17, 15) is 33.6 Å². The molecule has 7 rings (SSSR count). The van der Waals surface area contributed by atoms with Crippen molar-refractivity contribution in [1.29, 1.82) is 0 Å². The van der Waals surface area contributed by atoms with E-state index in [2.05, 4.69) is 116 Å². The first kappa shape index (κ1) is 68.7. The lowest BCUT2D eigenvalue weighted by Gasteiger charge is -2.26. The Hall–Kier alpha value is -9.76. The summed E-state index contributed by atoms with van der Waals surface area (Å²) in [5, 5.41) is 27.9. The van der Waals surface area contributed by atoms with Crippen LogP contribution in [0.5, 0.6) is 5.75 Å². The van der Waals surface area contributed by atoms with Crippen LogP contribution in [0.3, 0.4) is 0 Å². The number of aromatic nitrogens is 7. The molecule has 0 saturated heterocycles. The Morgan fingerprint density at radius 3 is 1.98 bits per heavy atom. The number of unbranched alkanes of at least 4 members (excludes halogenated alkanes) is 1. The largest absolute Gasteiger partial charge is 0.494 e. The Bertz CT molecular complexity index is 3630. The fraction of sp³-hybridized carbons (Fsp3) is 0.444. The van der Waals surface area contributed by atoms with Crippen LogP contribution in [-0.2, 0) is 41.7 Å². The molecule has 0 aliphatic carbocycles. The topological polar surface area (TPSA) is 373 Å². The maximum atomic E-state index is 13.5. The van der Waals surface area contributed by atoms with Gasteiger partial charge in [0, 0.05) is 67.1 Å². The molecule has 10 N–H and O–H groups in total. The van der Waals surface area contributed by atoms with Crippen LogP contribution < -0.4 is 42.4 Å². The summed E-state index contributed by atoms with van der Waals surface area (Å²) < 4.78 is 7.58. The number of fused-ring (bicyclic) bond motifs is 2. The van der Waals surface area contributed by atoms with Crippen LogP contribution in [0, 0.1) is 0 Å². The number of likely N-dealkylation sites (N-methyl/N-ethyl adjacent to an activating group) is 1. The van der Waals surface area contributed by atoms with Crippen molar-refractivity contribution in [2.24, 2.45) is 10.8 Å². The number of azide groups is 1.